The van der Waals surface area contributed by atoms with Crippen LogP contribution < -0.4 is 11.1 Å². The van der Waals surface area contributed by atoms with Crippen LogP contribution in [0, 0.1) is 13.8 Å². The number of hydrogen-bond acceptors (Lipinski definition) is 4. The molecule has 0 saturated carbocycles. The van der Waals surface area contributed by atoms with Gasteiger partial charge in [-0.1, -0.05) is 12.1 Å². The molecule has 1 aromatic carbocycles. The molecular formula is C15H18N2OS2. The quantitative estimate of drug-likeness (QED) is 0.802. The first-order chi connectivity index (χ1) is 9.56. The van der Waals surface area contributed by atoms with Gasteiger partial charge in [0.05, 0.1) is 5.75 Å². The molecule has 0 unspecified atom stereocenters. The lowest BCUT2D eigenvalue weighted by Crippen LogP contribution is -2.13. The van der Waals surface area contributed by atoms with Gasteiger partial charge in [-0.05, 0) is 37.6 Å². The minimum absolute atomic E-state index is 0.297. The second kappa shape index (κ2) is 6.81. The van der Waals surface area contributed by atoms with E-state index in [0.717, 1.165) is 17.1 Å². The topological polar surface area (TPSA) is 55.1 Å². The molecule has 20 heavy (non-hydrogen) atoms. The Bertz CT molecular complexity index is 608. The molecule has 0 radical (unpaired) electrons. The van der Waals surface area contributed by atoms with Crippen LogP contribution in [0.4, 0.5) is 5.69 Å². The van der Waals surface area contributed by atoms with Gasteiger partial charge >= 0.3 is 0 Å². The van der Waals surface area contributed by atoms with Crippen molar-refractivity contribution in [2.45, 2.75) is 25.3 Å². The van der Waals surface area contributed by atoms with E-state index in [0.29, 0.717) is 5.75 Å². The number of para-hydroxylation sites is 1. The van der Waals surface area contributed by atoms with Crippen LogP contribution in [0.5, 0.6) is 0 Å². The highest BCUT2D eigenvalue weighted by atomic mass is 32.2. The number of nitrogens with two attached hydrogens (primary N) is 1. The van der Waals surface area contributed by atoms with Gasteiger partial charge in [0, 0.05) is 26.9 Å². The Hall–Kier alpha value is -1.46. The Morgan fingerprint density at radius 1 is 1.35 bits per heavy atom. The van der Waals surface area contributed by atoms with Gasteiger partial charge in [0.1, 0.15) is 0 Å². The van der Waals surface area contributed by atoms with Crippen LogP contribution in [-0.2, 0) is 11.3 Å². The second-order valence-corrected chi connectivity index (χ2v) is 7.02. The molecule has 0 aliphatic rings. The molecule has 0 spiro atoms. The predicted molar refractivity (Wildman–Crippen MR) is 87.5 cm³/mol. The van der Waals surface area contributed by atoms with Crippen molar-refractivity contribution in [3.8, 4) is 0 Å². The van der Waals surface area contributed by atoms with E-state index in [2.05, 4.69) is 25.2 Å². The molecule has 0 atom stereocenters. The Kier molecular flexibility index (Phi) is 5.09. The molecule has 3 N–H and O–H groups in total. The van der Waals surface area contributed by atoms with E-state index in [1.165, 1.54) is 27.1 Å². The summed E-state index contributed by atoms with van der Waals surface area (Å²) in [4.78, 5) is 14.6. The predicted octanol–water partition coefficient (Wildman–Crippen LogP) is 3.55. The van der Waals surface area contributed by atoms with E-state index < -0.39 is 0 Å². The Labute approximate surface area is 127 Å². The number of amides is 1. The summed E-state index contributed by atoms with van der Waals surface area (Å²) in [7, 11) is 0. The number of benzene rings is 1. The normalized spacial score (nSPS) is 10.5. The minimum atomic E-state index is -0.297. The van der Waals surface area contributed by atoms with Gasteiger partial charge in [0.15, 0.2) is 0 Å². The largest absolute Gasteiger partial charge is 0.380 e. The lowest BCUT2D eigenvalue weighted by atomic mass is 10.2. The fourth-order valence-electron chi connectivity index (χ4n) is 1.94. The lowest BCUT2D eigenvalue weighted by molar-refractivity contribution is -0.115. The zero-order valence-corrected chi connectivity index (χ0v) is 13.2. The molecule has 5 heteroatoms. The number of anilines is 1. The average Bonchev–Trinajstić information content (AvgIpc) is 2.73. The fourth-order valence-corrected chi connectivity index (χ4v) is 3.65. The van der Waals surface area contributed by atoms with Gasteiger partial charge in [0.25, 0.3) is 0 Å². The maximum absolute atomic E-state index is 10.9. The van der Waals surface area contributed by atoms with Crippen molar-refractivity contribution in [1.82, 2.24) is 0 Å². The van der Waals surface area contributed by atoms with Gasteiger partial charge in [-0.2, -0.15) is 0 Å². The van der Waals surface area contributed by atoms with Crippen molar-refractivity contribution in [1.29, 1.82) is 0 Å². The van der Waals surface area contributed by atoms with E-state index >= 15 is 0 Å². The van der Waals surface area contributed by atoms with Crippen LogP contribution in [0.15, 0.2) is 35.2 Å². The van der Waals surface area contributed by atoms with E-state index in [4.69, 9.17) is 5.73 Å². The Balaban J connectivity index is 2.05. The third kappa shape index (κ3) is 4.02. The molecule has 0 aliphatic heterocycles. The van der Waals surface area contributed by atoms with Crippen LogP contribution in [0.25, 0.3) is 0 Å². The number of thiophene rings is 1. The van der Waals surface area contributed by atoms with Gasteiger partial charge < -0.3 is 11.1 Å². The van der Waals surface area contributed by atoms with Crippen molar-refractivity contribution < 1.29 is 4.79 Å². The van der Waals surface area contributed by atoms with Gasteiger partial charge in [0.2, 0.25) is 5.91 Å². The summed E-state index contributed by atoms with van der Waals surface area (Å²) in [6.07, 6.45) is 0. The number of carbonyl (C=O) groups excluding carboxylic acids is 1. The summed E-state index contributed by atoms with van der Waals surface area (Å²) in [5.41, 5.74) is 7.56. The summed E-state index contributed by atoms with van der Waals surface area (Å²) in [5, 5.41) is 3.44. The first-order valence-corrected chi connectivity index (χ1v) is 8.16. The molecule has 106 valence electrons. The lowest BCUT2D eigenvalue weighted by Gasteiger charge is -2.11. The van der Waals surface area contributed by atoms with Crippen molar-refractivity contribution in [3.05, 3.63) is 45.6 Å². The van der Waals surface area contributed by atoms with E-state index in [1.807, 2.05) is 35.6 Å². The fraction of sp³-hybridized carbons (Fsp3) is 0.267. The standard InChI is InChI=1S/C15H18N2OS2/c1-10-7-12(11(2)20-10)8-17-13-5-3-4-6-14(13)19-9-15(16)18/h3-7,17H,8-9H2,1-2H3,(H2,16,18). The van der Waals surface area contributed by atoms with Crippen molar-refractivity contribution in [2.75, 3.05) is 11.1 Å². The van der Waals surface area contributed by atoms with Gasteiger partial charge in [-0.25, -0.2) is 0 Å². The van der Waals surface area contributed by atoms with Crippen molar-refractivity contribution >= 4 is 34.7 Å². The molecule has 1 aromatic heterocycles. The highest BCUT2D eigenvalue weighted by Gasteiger charge is 2.06. The molecular weight excluding hydrogens is 288 g/mol. The van der Waals surface area contributed by atoms with Gasteiger partial charge in [-0.3, -0.25) is 4.79 Å². The first-order valence-electron chi connectivity index (χ1n) is 6.36. The number of carbonyl (C=O) groups is 1. The molecule has 0 saturated heterocycles. The molecule has 1 heterocycles. The smallest absolute Gasteiger partial charge is 0.227 e. The molecule has 0 bridgehead atoms. The number of hydrogen-bond donors (Lipinski definition) is 2. The summed E-state index contributed by atoms with van der Waals surface area (Å²) in [6, 6.07) is 10.2. The Morgan fingerprint density at radius 3 is 2.75 bits per heavy atom. The summed E-state index contributed by atoms with van der Waals surface area (Å²) in [5.74, 6) is 0.00375. The third-order valence-corrected chi connectivity index (χ3v) is 4.97. The average molecular weight is 306 g/mol. The summed E-state index contributed by atoms with van der Waals surface area (Å²) < 4.78 is 0. The van der Waals surface area contributed by atoms with Crippen molar-refractivity contribution in [2.24, 2.45) is 5.73 Å². The number of aryl methyl sites for hydroxylation is 2. The van der Waals surface area contributed by atoms with Crippen LogP contribution in [0.3, 0.4) is 0 Å². The third-order valence-electron chi connectivity index (χ3n) is 2.87. The number of primary amides is 1. The van der Waals surface area contributed by atoms with Crippen LogP contribution in [0.1, 0.15) is 15.3 Å². The highest BCUT2D eigenvalue weighted by Crippen LogP contribution is 2.28. The molecule has 2 aromatic rings. The maximum atomic E-state index is 10.9. The Morgan fingerprint density at radius 2 is 2.10 bits per heavy atom. The molecule has 2 rings (SSSR count). The zero-order valence-electron chi connectivity index (χ0n) is 11.6. The molecule has 1 amide bonds. The summed E-state index contributed by atoms with van der Waals surface area (Å²) >= 11 is 3.28. The van der Waals surface area contributed by atoms with E-state index in [1.54, 1.807) is 0 Å². The maximum Gasteiger partial charge on any atom is 0.227 e. The van der Waals surface area contributed by atoms with E-state index in [-0.39, 0.29) is 5.91 Å². The highest BCUT2D eigenvalue weighted by molar-refractivity contribution is 8.00. The van der Waals surface area contributed by atoms with Crippen LogP contribution in [-0.4, -0.2) is 11.7 Å². The SMILES string of the molecule is Cc1cc(CNc2ccccc2SCC(N)=O)c(C)s1. The molecule has 0 fully saturated rings. The zero-order chi connectivity index (χ0) is 14.5. The summed E-state index contributed by atoms with van der Waals surface area (Å²) in [6.45, 7) is 5.06. The molecule has 3 nitrogen and oxygen atoms in total. The van der Waals surface area contributed by atoms with Crippen LogP contribution >= 0.6 is 23.1 Å². The first kappa shape index (κ1) is 14.9. The van der Waals surface area contributed by atoms with Crippen molar-refractivity contribution in [3.63, 3.8) is 0 Å². The van der Waals surface area contributed by atoms with Crippen LogP contribution in [0.2, 0.25) is 0 Å². The number of rotatable bonds is 6. The van der Waals surface area contributed by atoms with Gasteiger partial charge in [-0.15, -0.1) is 23.1 Å². The molecule has 0 aliphatic carbocycles. The van der Waals surface area contributed by atoms with E-state index in [9.17, 15) is 4.79 Å². The number of nitrogens with one attached hydrogen (secondary N) is 1. The minimum Gasteiger partial charge on any atom is -0.380 e. The monoisotopic (exact) mass is 306 g/mol. The second-order valence-electron chi connectivity index (χ2n) is 4.54. The number of thioether (sulfide) groups is 1.